The van der Waals surface area contributed by atoms with Gasteiger partial charge in [-0.1, -0.05) is 18.2 Å². The molecule has 0 spiro atoms. The Morgan fingerprint density at radius 1 is 1.15 bits per heavy atom. The highest BCUT2D eigenvalue weighted by molar-refractivity contribution is 7.45. The highest BCUT2D eigenvalue weighted by Crippen LogP contribution is 2.25. The monoisotopic (exact) mass is 301 g/mol. The van der Waals surface area contributed by atoms with Crippen LogP contribution in [0.15, 0.2) is 35.1 Å². The third-order valence-electron chi connectivity index (χ3n) is 2.60. The predicted octanol–water partition coefficient (Wildman–Crippen LogP) is 0.138. The Kier molecular flexibility index (Phi) is 4.91. The highest BCUT2D eigenvalue weighted by atomic mass is 31.2. The van der Waals surface area contributed by atoms with Crippen molar-refractivity contribution < 1.29 is 19.2 Å². The molecule has 0 amide bonds. The van der Waals surface area contributed by atoms with E-state index in [1.807, 2.05) is 44.3 Å². The number of nitrogen functional groups attached to an aromatic ring is 1. The van der Waals surface area contributed by atoms with Gasteiger partial charge < -0.3 is 20.4 Å². The molecule has 0 unspecified atom stereocenters. The summed E-state index contributed by atoms with van der Waals surface area (Å²) >= 11 is 0. The minimum Gasteiger partial charge on any atom is -0.393 e. The summed E-state index contributed by atoms with van der Waals surface area (Å²) in [4.78, 5) is 33.4. The number of aromatic nitrogens is 2. The molecule has 0 atom stereocenters. The van der Waals surface area contributed by atoms with Crippen LogP contribution in [0.2, 0.25) is 0 Å². The number of rotatable bonds is 1. The van der Waals surface area contributed by atoms with E-state index in [1.165, 1.54) is 0 Å². The van der Waals surface area contributed by atoms with Gasteiger partial charge in [0.15, 0.2) is 0 Å². The van der Waals surface area contributed by atoms with Gasteiger partial charge in [0.2, 0.25) is 0 Å². The first-order valence-corrected chi connectivity index (χ1v) is 7.07. The van der Waals surface area contributed by atoms with Crippen LogP contribution in [-0.4, -0.2) is 24.0 Å². The van der Waals surface area contributed by atoms with Crippen molar-refractivity contribution in [2.75, 3.05) is 5.73 Å². The summed E-state index contributed by atoms with van der Waals surface area (Å²) in [6.07, 6.45) is 0. The first-order chi connectivity index (χ1) is 9.13. The molecule has 9 heteroatoms. The summed E-state index contributed by atoms with van der Waals surface area (Å²) in [7, 11) is -2.82. The maximum absolute atomic E-state index is 11.8. The van der Waals surface area contributed by atoms with E-state index in [2.05, 4.69) is 0 Å². The molecule has 0 radical (unpaired) electrons. The Morgan fingerprint density at radius 3 is 1.95 bits per heavy atom. The standard InChI is InChI=1S/C11H13N3O.H3O4P/c1-8-10(12)11(15)14(13(8)2)9-6-4-3-5-7-9;1-5(2,3)4/h3-7H,12H2,1-2H3;(H3,1,2,3,4). The van der Waals surface area contributed by atoms with Crippen molar-refractivity contribution in [3.05, 3.63) is 46.4 Å². The van der Waals surface area contributed by atoms with Crippen LogP contribution >= 0.6 is 7.82 Å². The Bertz CT molecular complexity index is 678. The number of hydrogen-bond donors (Lipinski definition) is 4. The lowest BCUT2D eigenvalue weighted by molar-refractivity contribution is 0.275. The summed E-state index contributed by atoms with van der Waals surface area (Å²) in [6, 6.07) is 9.44. The van der Waals surface area contributed by atoms with Gasteiger partial charge in [-0.15, -0.1) is 0 Å². The predicted molar refractivity (Wildman–Crippen MR) is 74.4 cm³/mol. The Morgan fingerprint density at radius 2 is 1.60 bits per heavy atom. The second-order valence-electron chi connectivity index (χ2n) is 3.99. The van der Waals surface area contributed by atoms with Crippen molar-refractivity contribution in [2.24, 2.45) is 7.05 Å². The summed E-state index contributed by atoms with van der Waals surface area (Å²) in [5, 5.41) is 0. The molecule has 0 saturated carbocycles. The van der Waals surface area contributed by atoms with Crippen LogP contribution in [0.5, 0.6) is 0 Å². The van der Waals surface area contributed by atoms with Gasteiger partial charge in [-0.25, -0.2) is 9.25 Å². The summed E-state index contributed by atoms with van der Waals surface area (Å²) in [6.45, 7) is 1.83. The van der Waals surface area contributed by atoms with Crippen molar-refractivity contribution in [2.45, 2.75) is 6.92 Å². The maximum atomic E-state index is 11.8. The first kappa shape index (κ1) is 16.2. The molecular formula is C11H16N3O5P. The summed E-state index contributed by atoms with van der Waals surface area (Å²) in [5.41, 5.74) is 7.43. The van der Waals surface area contributed by atoms with Crippen molar-refractivity contribution in [3.8, 4) is 5.69 Å². The average Bonchev–Trinajstić information content (AvgIpc) is 2.53. The van der Waals surface area contributed by atoms with E-state index in [0.717, 1.165) is 11.4 Å². The molecule has 5 N–H and O–H groups in total. The number of nitrogens with zero attached hydrogens (tertiary/aromatic N) is 2. The number of benzene rings is 1. The second kappa shape index (κ2) is 6.06. The average molecular weight is 301 g/mol. The lowest BCUT2D eigenvalue weighted by atomic mass is 10.3. The minimum atomic E-state index is -4.64. The zero-order chi connectivity index (χ0) is 15.5. The molecule has 0 fully saturated rings. The van der Waals surface area contributed by atoms with E-state index >= 15 is 0 Å². The first-order valence-electron chi connectivity index (χ1n) is 5.50. The van der Waals surface area contributed by atoms with Gasteiger partial charge in [0.25, 0.3) is 5.56 Å². The van der Waals surface area contributed by atoms with Crippen LogP contribution in [-0.2, 0) is 11.6 Å². The molecule has 2 rings (SSSR count). The van der Waals surface area contributed by atoms with Gasteiger partial charge in [0.1, 0.15) is 5.69 Å². The third-order valence-corrected chi connectivity index (χ3v) is 2.60. The molecule has 2 aromatic rings. The number of nitrogens with two attached hydrogens (primary N) is 1. The van der Waals surface area contributed by atoms with Crippen LogP contribution in [0.1, 0.15) is 5.69 Å². The van der Waals surface area contributed by atoms with E-state index in [-0.39, 0.29) is 5.56 Å². The second-order valence-corrected chi connectivity index (χ2v) is 5.02. The highest BCUT2D eigenvalue weighted by Gasteiger charge is 2.12. The lowest BCUT2D eigenvalue weighted by Gasteiger charge is -2.07. The Labute approximate surface area is 114 Å². The Hall–Kier alpha value is -1.86. The topological polar surface area (TPSA) is 131 Å². The van der Waals surface area contributed by atoms with Crippen LogP contribution in [0, 0.1) is 6.92 Å². The summed E-state index contributed by atoms with van der Waals surface area (Å²) in [5.74, 6) is 0. The van der Waals surface area contributed by atoms with Crippen LogP contribution in [0.4, 0.5) is 5.69 Å². The summed E-state index contributed by atoms with van der Waals surface area (Å²) < 4.78 is 12.2. The Balaban J connectivity index is 0.000000347. The number of para-hydroxylation sites is 1. The molecule has 0 saturated heterocycles. The van der Waals surface area contributed by atoms with Gasteiger partial charge in [-0.3, -0.25) is 9.48 Å². The van der Waals surface area contributed by atoms with Crippen molar-refractivity contribution in [1.29, 1.82) is 0 Å². The fourth-order valence-corrected chi connectivity index (χ4v) is 1.59. The molecule has 1 heterocycles. The van der Waals surface area contributed by atoms with Gasteiger partial charge in [-0.2, -0.15) is 0 Å². The van der Waals surface area contributed by atoms with E-state index < -0.39 is 7.82 Å². The van der Waals surface area contributed by atoms with Gasteiger partial charge in [0, 0.05) is 7.05 Å². The van der Waals surface area contributed by atoms with Gasteiger partial charge in [-0.05, 0) is 19.1 Å². The number of anilines is 1. The zero-order valence-electron chi connectivity index (χ0n) is 11.0. The number of phosphoric acid groups is 1. The SMILES string of the molecule is Cc1c(N)c(=O)n(-c2ccccc2)n1C.O=P(O)(O)O. The van der Waals surface area contributed by atoms with Crippen LogP contribution < -0.4 is 11.3 Å². The third kappa shape index (κ3) is 4.07. The molecule has 0 aliphatic rings. The van der Waals surface area contributed by atoms with E-state index in [0.29, 0.717) is 5.69 Å². The lowest BCUT2D eigenvalue weighted by Crippen LogP contribution is -2.20. The molecular weight excluding hydrogens is 285 g/mol. The van der Waals surface area contributed by atoms with Crippen LogP contribution in [0.25, 0.3) is 5.69 Å². The van der Waals surface area contributed by atoms with Crippen molar-refractivity contribution in [1.82, 2.24) is 9.36 Å². The minimum absolute atomic E-state index is 0.166. The molecule has 0 aliphatic heterocycles. The van der Waals surface area contributed by atoms with E-state index in [9.17, 15) is 4.79 Å². The molecule has 0 aliphatic carbocycles. The normalized spacial score (nSPS) is 10.8. The van der Waals surface area contributed by atoms with E-state index in [4.69, 9.17) is 25.0 Å². The smallest absolute Gasteiger partial charge is 0.393 e. The molecule has 1 aromatic heterocycles. The quantitative estimate of drug-likeness (QED) is 0.554. The maximum Gasteiger partial charge on any atom is 0.466 e. The molecule has 1 aromatic carbocycles. The fraction of sp³-hybridized carbons (Fsp3) is 0.182. The van der Waals surface area contributed by atoms with Crippen molar-refractivity contribution >= 4 is 13.5 Å². The molecule has 20 heavy (non-hydrogen) atoms. The molecule has 110 valence electrons. The van der Waals surface area contributed by atoms with Crippen molar-refractivity contribution in [3.63, 3.8) is 0 Å². The number of hydrogen-bond acceptors (Lipinski definition) is 3. The zero-order valence-corrected chi connectivity index (χ0v) is 11.9. The van der Waals surface area contributed by atoms with Crippen LogP contribution in [0.3, 0.4) is 0 Å². The van der Waals surface area contributed by atoms with Gasteiger partial charge >= 0.3 is 7.82 Å². The fourth-order valence-electron chi connectivity index (χ4n) is 1.59. The van der Waals surface area contributed by atoms with E-state index in [1.54, 1.807) is 9.36 Å². The molecule has 0 bridgehead atoms. The molecule has 8 nitrogen and oxygen atoms in total. The largest absolute Gasteiger partial charge is 0.466 e. The van der Waals surface area contributed by atoms with Gasteiger partial charge in [0.05, 0.1) is 11.4 Å².